The van der Waals surface area contributed by atoms with Gasteiger partial charge in [-0.05, 0) is 36.8 Å². The summed E-state index contributed by atoms with van der Waals surface area (Å²) in [6, 6.07) is 8.39. The highest BCUT2D eigenvalue weighted by Gasteiger charge is 2.10. The van der Waals surface area contributed by atoms with Crippen LogP contribution in [0.25, 0.3) is 0 Å². The molecule has 0 aliphatic carbocycles. The van der Waals surface area contributed by atoms with E-state index in [4.69, 9.17) is 22.1 Å². The average Bonchev–Trinajstić information content (AvgIpc) is 2.40. The molecule has 0 bridgehead atoms. The Kier molecular flexibility index (Phi) is 4.02. The monoisotopic (exact) mass is 276 g/mol. The Hall–Kier alpha value is -2.07. The van der Waals surface area contributed by atoms with E-state index >= 15 is 0 Å². The predicted molar refractivity (Wildman–Crippen MR) is 74.0 cm³/mol. The van der Waals surface area contributed by atoms with Gasteiger partial charge in [0.25, 0.3) is 0 Å². The third-order valence-electron chi connectivity index (χ3n) is 2.69. The van der Waals surface area contributed by atoms with Gasteiger partial charge in [0.15, 0.2) is 0 Å². The first-order valence-electron chi connectivity index (χ1n) is 5.70. The smallest absolute Gasteiger partial charge is 0.338 e. The lowest BCUT2D eigenvalue weighted by molar-refractivity contribution is 0.0467. The van der Waals surface area contributed by atoms with Crippen molar-refractivity contribution in [2.75, 3.05) is 5.73 Å². The molecule has 0 unspecified atom stereocenters. The number of hydrogen-bond acceptors (Lipinski definition) is 4. The number of nitrogen functional groups attached to an aromatic ring is 1. The summed E-state index contributed by atoms with van der Waals surface area (Å²) in [4.78, 5) is 16.0. The second-order valence-corrected chi connectivity index (χ2v) is 4.49. The van der Waals surface area contributed by atoms with Gasteiger partial charge in [-0.1, -0.05) is 17.7 Å². The summed E-state index contributed by atoms with van der Waals surface area (Å²) >= 11 is 5.79. The molecule has 1 aromatic carbocycles. The number of nitrogens with two attached hydrogens (primary N) is 1. The van der Waals surface area contributed by atoms with Crippen LogP contribution in [0.1, 0.15) is 21.6 Å². The molecule has 0 aliphatic rings. The van der Waals surface area contributed by atoms with Crippen molar-refractivity contribution in [2.45, 2.75) is 13.5 Å². The van der Waals surface area contributed by atoms with Gasteiger partial charge in [0.2, 0.25) is 0 Å². The number of hydrogen-bond donors (Lipinski definition) is 1. The van der Waals surface area contributed by atoms with Crippen LogP contribution in [-0.4, -0.2) is 11.0 Å². The van der Waals surface area contributed by atoms with Gasteiger partial charge in [0.1, 0.15) is 6.61 Å². The summed E-state index contributed by atoms with van der Waals surface area (Å²) < 4.78 is 5.19. The molecule has 98 valence electrons. The zero-order chi connectivity index (χ0) is 13.8. The van der Waals surface area contributed by atoms with Crippen molar-refractivity contribution in [2.24, 2.45) is 0 Å². The number of ether oxygens (including phenoxy) is 1. The normalized spacial score (nSPS) is 10.2. The maximum absolute atomic E-state index is 11.8. The minimum atomic E-state index is -0.451. The molecule has 0 amide bonds. The zero-order valence-corrected chi connectivity index (χ0v) is 11.1. The number of benzene rings is 1. The van der Waals surface area contributed by atoms with Crippen LogP contribution in [0.15, 0.2) is 36.5 Å². The molecule has 0 radical (unpaired) electrons. The average molecular weight is 277 g/mol. The molecular formula is C14H13ClN2O2. The van der Waals surface area contributed by atoms with Crippen LogP contribution >= 0.6 is 11.6 Å². The van der Waals surface area contributed by atoms with Gasteiger partial charge in [0.05, 0.1) is 22.0 Å². The number of rotatable bonds is 3. The van der Waals surface area contributed by atoms with Crippen LogP contribution in [0.3, 0.4) is 0 Å². The standard InChI is InChI=1S/C14H13ClN2O2/c1-9-3-2-6-17-13(9)8-19-14(18)10-4-5-11(15)12(16)7-10/h2-7H,8,16H2,1H3. The molecule has 1 heterocycles. The number of nitrogens with zero attached hydrogens (tertiary/aromatic N) is 1. The van der Waals surface area contributed by atoms with E-state index in [1.54, 1.807) is 18.3 Å². The molecule has 5 heteroatoms. The van der Waals surface area contributed by atoms with Gasteiger partial charge in [-0.3, -0.25) is 4.98 Å². The zero-order valence-electron chi connectivity index (χ0n) is 10.4. The van der Waals surface area contributed by atoms with Gasteiger partial charge in [0, 0.05) is 6.20 Å². The van der Waals surface area contributed by atoms with Crippen molar-refractivity contribution in [3.8, 4) is 0 Å². The molecule has 1 aromatic heterocycles. The van der Waals surface area contributed by atoms with E-state index in [1.165, 1.54) is 6.07 Å². The van der Waals surface area contributed by atoms with Crippen molar-refractivity contribution in [1.29, 1.82) is 0 Å². The van der Waals surface area contributed by atoms with Crippen molar-refractivity contribution < 1.29 is 9.53 Å². The van der Waals surface area contributed by atoms with Crippen LogP contribution in [0.5, 0.6) is 0 Å². The van der Waals surface area contributed by atoms with E-state index in [0.717, 1.165) is 11.3 Å². The second-order valence-electron chi connectivity index (χ2n) is 4.08. The van der Waals surface area contributed by atoms with Crippen molar-refractivity contribution in [1.82, 2.24) is 4.98 Å². The van der Waals surface area contributed by atoms with Gasteiger partial charge >= 0.3 is 5.97 Å². The summed E-state index contributed by atoms with van der Waals surface area (Å²) in [5, 5.41) is 0.414. The highest BCUT2D eigenvalue weighted by Crippen LogP contribution is 2.20. The third-order valence-corrected chi connectivity index (χ3v) is 3.03. The molecular weight excluding hydrogens is 264 g/mol. The fraction of sp³-hybridized carbons (Fsp3) is 0.143. The van der Waals surface area contributed by atoms with E-state index in [-0.39, 0.29) is 6.61 Å². The number of carbonyl (C=O) groups excluding carboxylic acids is 1. The van der Waals surface area contributed by atoms with Crippen LogP contribution in [0, 0.1) is 6.92 Å². The Labute approximate surface area is 116 Å². The fourth-order valence-electron chi connectivity index (χ4n) is 1.56. The fourth-order valence-corrected chi connectivity index (χ4v) is 1.68. The first kappa shape index (κ1) is 13.4. The highest BCUT2D eigenvalue weighted by atomic mass is 35.5. The molecule has 2 rings (SSSR count). The van der Waals surface area contributed by atoms with Gasteiger partial charge in [-0.15, -0.1) is 0 Å². The first-order valence-corrected chi connectivity index (χ1v) is 6.08. The molecule has 0 fully saturated rings. The molecule has 0 spiro atoms. The Morgan fingerprint density at radius 2 is 2.21 bits per heavy atom. The summed E-state index contributed by atoms with van der Waals surface area (Å²) in [6.45, 7) is 2.05. The Balaban J connectivity index is 2.05. The third kappa shape index (κ3) is 3.23. The number of carbonyl (C=O) groups is 1. The molecule has 0 aliphatic heterocycles. The number of aryl methyl sites for hydroxylation is 1. The Morgan fingerprint density at radius 1 is 1.42 bits per heavy atom. The lowest BCUT2D eigenvalue weighted by Crippen LogP contribution is -2.07. The summed E-state index contributed by atoms with van der Waals surface area (Å²) in [5.41, 5.74) is 8.07. The number of pyridine rings is 1. The maximum atomic E-state index is 11.8. The van der Waals surface area contributed by atoms with E-state index < -0.39 is 5.97 Å². The largest absolute Gasteiger partial charge is 0.456 e. The van der Waals surface area contributed by atoms with E-state index in [2.05, 4.69) is 4.98 Å². The second kappa shape index (κ2) is 5.71. The SMILES string of the molecule is Cc1cccnc1COC(=O)c1ccc(Cl)c(N)c1. The molecule has 2 aromatic rings. The van der Waals surface area contributed by atoms with Gasteiger partial charge < -0.3 is 10.5 Å². The number of halogens is 1. The highest BCUT2D eigenvalue weighted by molar-refractivity contribution is 6.33. The van der Waals surface area contributed by atoms with Crippen LogP contribution in [0.2, 0.25) is 5.02 Å². The number of anilines is 1. The Morgan fingerprint density at radius 3 is 2.89 bits per heavy atom. The summed E-state index contributed by atoms with van der Waals surface area (Å²) in [6.07, 6.45) is 1.66. The first-order chi connectivity index (χ1) is 9.08. The quantitative estimate of drug-likeness (QED) is 0.691. The summed E-state index contributed by atoms with van der Waals surface area (Å²) in [5.74, 6) is -0.451. The lowest BCUT2D eigenvalue weighted by Gasteiger charge is -2.07. The lowest BCUT2D eigenvalue weighted by atomic mass is 10.2. The molecule has 0 saturated heterocycles. The predicted octanol–water partition coefficient (Wildman–Crippen LogP) is 2.98. The van der Waals surface area contributed by atoms with E-state index in [1.807, 2.05) is 19.1 Å². The molecule has 0 saturated carbocycles. The molecule has 4 nitrogen and oxygen atoms in total. The minimum Gasteiger partial charge on any atom is -0.456 e. The molecule has 2 N–H and O–H groups in total. The number of aromatic nitrogens is 1. The van der Waals surface area contributed by atoms with Crippen molar-refractivity contribution in [3.05, 3.63) is 58.4 Å². The Bertz CT molecular complexity index is 614. The number of esters is 1. The van der Waals surface area contributed by atoms with Crippen molar-refractivity contribution in [3.63, 3.8) is 0 Å². The van der Waals surface area contributed by atoms with Crippen LogP contribution in [0.4, 0.5) is 5.69 Å². The summed E-state index contributed by atoms with van der Waals surface area (Å²) in [7, 11) is 0. The van der Waals surface area contributed by atoms with Crippen molar-refractivity contribution >= 4 is 23.3 Å². The maximum Gasteiger partial charge on any atom is 0.338 e. The minimum absolute atomic E-state index is 0.133. The molecule has 0 atom stereocenters. The molecule has 19 heavy (non-hydrogen) atoms. The topological polar surface area (TPSA) is 65.2 Å². The van der Waals surface area contributed by atoms with Crippen LogP contribution < -0.4 is 5.73 Å². The van der Waals surface area contributed by atoms with E-state index in [9.17, 15) is 4.79 Å². The van der Waals surface area contributed by atoms with Crippen LogP contribution in [-0.2, 0) is 11.3 Å². The van der Waals surface area contributed by atoms with E-state index in [0.29, 0.717) is 16.3 Å². The van der Waals surface area contributed by atoms with Gasteiger partial charge in [-0.2, -0.15) is 0 Å². The van der Waals surface area contributed by atoms with Gasteiger partial charge in [-0.25, -0.2) is 4.79 Å².